The highest BCUT2D eigenvalue weighted by Gasteiger charge is 2.37. The summed E-state index contributed by atoms with van der Waals surface area (Å²) < 4.78 is 0. The summed E-state index contributed by atoms with van der Waals surface area (Å²) in [6.45, 7) is 2.56. The Kier molecular flexibility index (Phi) is 4.88. The first-order valence-electron chi connectivity index (χ1n) is 8.11. The van der Waals surface area contributed by atoms with Gasteiger partial charge in [0, 0.05) is 31.8 Å². The van der Waals surface area contributed by atoms with E-state index in [9.17, 15) is 9.59 Å². The molecule has 1 saturated heterocycles. The van der Waals surface area contributed by atoms with Gasteiger partial charge in [-0.05, 0) is 12.5 Å². The molecule has 2 N–H and O–H groups in total. The van der Waals surface area contributed by atoms with Gasteiger partial charge < -0.3 is 10.2 Å². The van der Waals surface area contributed by atoms with Crippen molar-refractivity contribution in [2.75, 3.05) is 0 Å². The monoisotopic (exact) mass is 327 g/mol. The molecule has 1 aromatic carbocycles. The Morgan fingerprint density at radius 3 is 2.88 bits per heavy atom. The molecule has 2 atom stereocenters. The van der Waals surface area contributed by atoms with E-state index in [1.807, 2.05) is 42.2 Å². The van der Waals surface area contributed by atoms with Gasteiger partial charge in [0.25, 0.3) is 0 Å². The second kappa shape index (κ2) is 7.25. The second-order valence-electron chi connectivity index (χ2n) is 6.09. The van der Waals surface area contributed by atoms with Crippen LogP contribution in [0.2, 0.25) is 0 Å². The largest absolute Gasteiger partial charge is 0.351 e. The predicted octanol–water partition coefficient (Wildman–Crippen LogP) is 1.04. The van der Waals surface area contributed by atoms with E-state index >= 15 is 0 Å². The van der Waals surface area contributed by atoms with Crippen LogP contribution in [-0.4, -0.2) is 44.2 Å². The molecule has 2 heterocycles. The van der Waals surface area contributed by atoms with Crippen molar-refractivity contribution in [1.82, 2.24) is 25.6 Å². The summed E-state index contributed by atoms with van der Waals surface area (Å²) in [6, 6.07) is 9.72. The van der Waals surface area contributed by atoms with E-state index < -0.39 is 0 Å². The Morgan fingerprint density at radius 2 is 2.17 bits per heavy atom. The third kappa shape index (κ3) is 3.79. The number of aromatic amines is 1. The second-order valence-corrected chi connectivity index (χ2v) is 6.09. The Bertz CT molecular complexity index is 686. The zero-order valence-corrected chi connectivity index (χ0v) is 13.6. The highest BCUT2D eigenvalue weighted by Crippen LogP contribution is 2.22. The van der Waals surface area contributed by atoms with E-state index in [0.29, 0.717) is 25.8 Å². The Morgan fingerprint density at radius 1 is 1.38 bits per heavy atom. The van der Waals surface area contributed by atoms with Gasteiger partial charge in [0.15, 0.2) is 0 Å². The van der Waals surface area contributed by atoms with Crippen molar-refractivity contribution in [3.63, 3.8) is 0 Å². The molecule has 24 heavy (non-hydrogen) atoms. The predicted molar refractivity (Wildman–Crippen MR) is 87.7 cm³/mol. The van der Waals surface area contributed by atoms with Crippen LogP contribution in [0.25, 0.3) is 0 Å². The van der Waals surface area contributed by atoms with Crippen molar-refractivity contribution in [3.05, 3.63) is 47.8 Å². The molecule has 2 amide bonds. The number of amides is 2. The molecular weight excluding hydrogens is 306 g/mol. The Labute approximate surface area is 140 Å². The van der Waals surface area contributed by atoms with Gasteiger partial charge in [-0.15, -0.1) is 0 Å². The van der Waals surface area contributed by atoms with Crippen LogP contribution in [0.1, 0.15) is 31.0 Å². The number of H-pyrrole nitrogens is 1. The fourth-order valence-corrected chi connectivity index (χ4v) is 2.97. The number of aromatic nitrogens is 3. The van der Waals surface area contributed by atoms with Gasteiger partial charge in [-0.3, -0.25) is 9.59 Å². The number of rotatable bonds is 6. The minimum absolute atomic E-state index is 0.0197. The normalized spacial score (nSPS) is 20.4. The number of likely N-dealkylation sites (tertiary alicyclic amines) is 1. The van der Waals surface area contributed by atoms with Crippen LogP contribution >= 0.6 is 0 Å². The fraction of sp³-hybridized carbons (Fsp3) is 0.412. The number of nitrogens with one attached hydrogen (secondary N) is 2. The lowest BCUT2D eigenvalue weighted by atomic mass is 10.1. The van der Waals surface area contributed by atoms with Crippen molar-refractivity contribution in [3.8, 4) is 0 Å². The maximum Gasteiger partial charge on any atom is 0.225 e. The van der Waals surface area contributed by atoms with Crippen molar-refractivity contribution in [1.29, 1.82) is 0 Å². The van der Waals surface area contributed by atoms with Gasteiger partial charge in [-0.25, -0.2) is 0 Å². The molecular formula is C17H21N5O2. The van der Waals surface area contributed by atoms with Crippen LogP contribution in [0.3, 0.4) is 0 Å². The van der Waals surface area contributed by atoms with Gasteiger partial charge in [-0.1, -0.05) is 30.3 Å². The average Bonchev–Trinajstić information content (AvgIpc) is 3.18. The number of carbonyl (C=O) groups excluding carboxylic acids is 2. The summed E-state index contributed by atoms with van der Waals surface area (Å²) in [5, 5.41) is 13.1. The SMILES string of the molecule is CC1C(NC(=O)CCc2cn[nH]n2)CC(=O)N1Cc1ccccc1. The smallest absolute Gasteiger partial charge is 0.225 e. The third-order valence-corrected chi connectivity index (χ3v) is 4.40. The minimum atomic E-state index is -0.147. The Hall–Kier alpha value is -2.70. The van der Waals surface area contributed by atoms with Crippen molar-refractivity contribution in [2.24, 2.45) is 0 Å². The van der Waals surface area contributed by atoms with E-state index in [-0.39, 0.29) is 23.9 Å². The highest BCUT2D eigenvalue weighted by atomic mass is 16.2. The lowest BCUT2D eigenvalue weighted by molar-refractivity contribution is -0.129. The molecule has 2 aromatic rings. The lowest BCUT2D eigenvalue weighted by Gasteiger charge is -2.25. The molecule has 3 rings (SSSR count). The zero-order chi connectivity index (χ0) is 16.9. The maximum absolute atomic E-state index is 12.3. The standard InChI is InChI=1S/C17H21N5O2/c1-12-15(19-16(23)8-7-14-10-18-21-20-14)9-17(24)22(12)11-13-5-3-2-4-6-13/h2-6,10,12,15H,7-9,11H2,1H3,(H,19,23)(H,18,20,21). The summed E-state index contributed by atoms with van der Waals surface area (Å²) in [7, 11) is 0. The van der Waals surface area contributed by atoms with Gasteiger partial charge in [-0.2, -0.15) is 15.4 Å². The zero-order valence-electron chi connectivity index (χ0n) is 13.6. The minimum Gasteiger partial charge on any atom is -0.351 e. The first-order chi connectivity index (χ1) is 11.6. The number of carbonyl (C=O) groups is 2. The van der Waals surface area contributed by atoms with Gasteiger partial charge in [0.05, 0.1) is 17.9 Å². The number of aryl methyl sites for hydroxylation is 1. The van der Waals surface area contributed by atoms with Crippen LogP contribution in [0, 0.1) is 0 Å². The summed E-state index contributed by atoms with van der Waals surface area (Å²) >= 11 is 0. The number of nitrogens with zero attached hydrogens (tertiary/aromatic N) is 3. The van der Waals surface area contributed by atoms with E-state index in [4.69, 9.17) is 0 Å². The van der Waals surface area contributed by atoms with Crippen LogP contribution < -0.4 is 5.32 Å². The van der Waals surface area contributed by atoms with Crippen molar-refractivity contribution in [2.45, 2.75) is 44.8 Å². The topological polar surface area (TPSA) is 91.0 Å². The molecule has 126 valence electrons. The fourth-order valence-electron chi connectivity index (χ4n) is 2.97. The van der Waals surface area contributed by atoms with E-state index in [1.165, 1.54) is 0 Å². The molecule has 1 aromatic heterocycles. The van der Waals surface area contributed by atoms with Crippen LogP contribution in [0.5, 0.6) is 0 Å². The maximum atomic E-state index is 12.3. The molecule has 1 fully saturated rings. The van der Waals surface area contributed by atoms with Crippen LogP contribution in [0.4, 0.5) is 0 Å². The molecule has 7 heteroatoms. The molecule has 1 aliphatic rings. The first-order valence-corrected chi connectivity index (χ1v) is 8.11. The first kappa shape index (κ1) is 16.2. The Balaban J connectivity index is 1.53. The summed E-state index contributed by atoms with van der Waals surface area (Å²) in [4.78, 5) is 26.2. The van der Waals surface area contributed by atoms with Crippen LogP contribution in [0.15, 0.2) is 36.5 Å². The molecule has 0 bridgehead atoms. The highest BCUT2D eigenvalue weighted by molar-refractivity contribution is 5.82. The quantitative estimate of drug-likeness (QED) is 0.829. The van der Waals surface area contributed by atoms with Crippen molar-refractivity contribution < 1.29 is 9.59 Å². The third-order valence-electron chi connectivity index (χ3n) is 4.40. The average molecular weight is 327 g/mol. The van der Waals surface area contributed by atoms with Gasteiger partial charge in [0.2, 0.25) is 11.8 Å². The van der Waals surface area contributed by atoms with E-state index in [0.717, 1.165) is 11.3 Å². The van der Waals surface area contributed by atoms with Crippen LogP contribution in [-0.2, 0) is 22.6 Å². The molecule has 1 aliphatic heterocycles. The molecule has 0 spiro atoms. The summed E-state index contributed by atoms with van der Waals surface area (Å²) in [5.74, 6) is 0.0114. The molecule has 0 saturated carbocycles. The van der Waals surface area contributed by atoms with Crippen molar-refractivity contribution >= 4 is 11.8 Å². The molecule has 0 radical (unpaired) electrons. The summed E-state index contributed by atoms with van der Waals surface area (Å²) in [6.07, 6.45) is 2.83. The number of hydrogen-bond acceptors (Lipinski definition) is 4. The number of benzene rings is 1. The number of hydrogen-bond donors (Lipinski definition) is 2. The summed E-state index contributed by atoms with van der Waals surface area (Å²) in [5.41, 5.74) is 1.85. The molecule has 0 aliphatic carbocycles. The van der Waals surface area contributed by atoms with E-state index in [1.54, 1.807) is 6.20 Å². The molecule has 2 unspecified atom stereocenters. The molecule has 7 nitrogen and oxygen atoms in total. The van der Waals surface area contributed by atoms with Gasteiger partial charge >= 0.3 is 0 Å². The van der Waals surface area contributed by atoms with E-state index in [2.05, 4.69) is 20.7 Å². The van der Waals surface area contributed by atoms with Gasteiger partial charge in [0.1, 0.15) is 0 Å². The lowest BCUT2D eigenvalue weighted by Crippen LogP contribution is -2.43.